The van der Waals surface area contributed by atoms with Crippen molar-refractivity contribution in [2.45, 2.75) is 10.9 Å². The third-order valence-electron chi connectivity index (χ3n) is 3.11. The standard InChI is InChI=1S/C14H11N5O2S2/c1-19-12(10-5-3-7-22-10)16-17-14(19)23-8-11-15-13(21-18-11)9-4-2-6-20-9/h2-7H,8H2,1H3. The van der Waals surface area contributed by atoms with Gasteiger partial charge in [0.2, 0.25) is 0 Å². The Morgan fingerprint density at radius 2 is 2.22 bits per heavy atom. The van der Waals surface area contributed by atoms with Crippen molar-refractivity contribution in [2.24, 2.45) is 7.05 Å². The molecule has 7 nitrogen and oxygen atoms in total. The first kappa shape index (κ1) is 14.2. The maximum Gasteiger partial charge on any atom is 0.293 e. The lowest BCUT2D eigenvalue weighted by Gasteiger charge is -2.00. The van der Waals surface area contributed by atoms with Gasteiger partial charge in [0.25, 0.3) is 5.89 Å². The Bertz CT molecular complexity index is 896. The van der Waals surface area contributed by atoms with Crippen molar-refractivity contribution in [3.63, 3.8) is 0 Å². The summed E-state index contributed by atoms with van der Waals surface area (Å²) in [6, 6.07) is 7.58. The molecular formula is C14H11N5O2S2. The predicted octanol–water partition coefficient (Wildman–Crippen LogP) is 3.48. The Balaban J connectivity index is 1.48. The summed E-state index contributed by atoms with van der Waals surface area (Å²) in [4.78, 5) is 5.40. The summed E-state index contributed by atoms with van der Waals surface area (Å²) in [6.07, 6.45) is 1.57. The Labute approximate surface area is 139 Å². The van der Waals surface area contributed by atoms with Crippen molar-refractivity contribution in [1.82, 2.24) is 24.9 Å². The molecule has 0 aromatic carbocycles. The molecule has 4 heterocycles. The van der Waals surface area contributed by atoms with Gasteiger partial charge in [0, 0.05) is 7.05 Å². The number of aromatic nitrogens is 5. The zero-order valence-electron chi connectivity index (χ0n) is 12.0. The molecule has 0 aliphatic carbocycles. The van der Waals surface area contributed by atoms with Gasteiger partial charge in [0.05, 0.1) is 16.9 Å². The van der Waals surface area contributed by atoms with Crippen LogP contribution in [-0.4, -0.2) is 24.9 Å². The normalized spacial score (nSPS) is 11.2. The van der Waals surface area contributed by atoms with E-state index in [-0.39, 0.29) is 0 Å². The lowest BCUT2D eigenvalue weighted by molar-refractivity contribution is 0.411. The fourth-order valence-corrected chi connectivity index (χ4v) is 3.50. The van der Waals surface area contributed by atoms with E-state index in [0.29, 0.717) is 23.2 Å². The second kappa shape index (κ2) is 6.01. The van der Waals surface area contributed by atoms with Crippen molar-refractivity contribution in [1.29, 1.82) is 0 Å². The van der Waals surface area contributed by atoms with Gasteiger partial charge in [-0.3, -0.25) is 0 Å². The van der Waals surface area contributed by atoms with E-state index >= 15 is 0 Å². The van der Waals surface area contributed by atoms with Crippen LogP contribution >= 0.6 is 23.1 Å². The second-order valence-corrected chi connectivity index (χ2v) is 6.51. The lowest BCUT2D eigenvalue weighted by Crippen LogP contribution is -1.94. The molecule has 4 aromatic rings. The molecule has 23 heavy (non-hydrogen) atoms. The molecule has 0 spiro atoms. The van der Waals surface area contributed by atoms with Crippen molar-refractivity contribution in [3.05, 3.63) is 41.7 Å². The van der Waals surface area contributed by atoms with Crippen LogP contribution in [0, 0.1) is 0 Å². The van der Waals surface area contributed by atoms with Gasteiger partial charge < -0.3 is 13.5 Å². The van der Waals surface area contributed by atoms with E-state index in [1.807, 2.05) is 29.1 Å². The molecule has 0 aliphatic rings. The Kier molecular flexibility index (Phi) is 3.72. The number of nitrogens with zero attached hydrogens (tertiary/aromatic N) is 5. The third kappa shape index (κ3) is 2.80. The lowest BCUT2D eigenvalue weighted by atomic mass is 10.4. The quantitative estimate of drug-likeness (QED) is 0.512. The topological polar surface area (TPSA) is 82.8 Å². The largest absolute Gasteiger partial charge is 0.459 e. The minimum atomic E-state index is 0.378. The summed E-state index contributed by atoms with van der Waals surface area (Å²) in [7, 11) is 1.95. The van der Waals surface area contributed by atoms with Crippen LogP contribution in [0.2, 0.25) is 0 Å². The molecule has 0 bridgehead atoms. The van der Waals surface area contributed by atoms with Gasteiger partial charge in [0.1, 0.15) is 0 Å². The predicted molar refractivity (Wildman–Crippen MR) is 85.9 cm³/mol. The molecule has 0 radical (unpaired) electrons. The van der Waals surface area contributed by atoms with Gasteiger partial charge in [-0.1, -0.05) is 23.0 Å². The van der Waals surface area contributed by atoms with E-state index in [9.17, 15) is 0 Å². The number of hydrogen-bond donors (Lipinski definition) is 0. The van der Waals surface area contributed by atoms with Crippen molar-refractivity contribution < 1.29 is 8.94 Å². The third-order valence-corrected chi connectivity index (χ3v) is 4.99. The number of thiophene rings is 1. The average molecular weight is 345 g/mol. The molecule has 0 N–H and O–H groups in total. The highest BCUT2D eigenvalue weighted by molar-refractivity contribution is 7.98. The van der Waals surface area contributed by atoms with Gasteiger partial charge in [-0.05, 0) is 23.6 Å². The van der Waals surface area contributed by atoms with E-state index in [1.165, 1.54) is 11.8 Å². The minimum absolute atomic E-state index is 0.378. The molecule has 0 atom stereocenters. The molecule has 9 heteroatoms. The van der Waals surface area contributed by atoms with Gasteiger partial charge in [0.15, 0.2) is 22.6 Å². The SMILES string of the molecule is Cn1c(SCc2noc(-c3ccco3)n2)nnc1-c1cccs1. The Morgan fingerprint density at radius 3 is 3.00 bits per heavy atom. The maximum absolute atomic E-state index is 5.23. The van der Waals surface area contributed by atoms with Crippen LogP contribution in [0.15, 0.2) is 50.0 Å². The van der Waals surface area contributed by atoms with Crippen LogP contribution in [0.1, 0.15) is 5.82 Å². The summed E-state index contributed by atoms with van der Waals surface area (Å²) in [6.45, 7) is 0. The van der Waals surface area contributed by atoms with Gasteiger partial charge in [-0.25, -0.2) is 0 Å². The van der Waals surface area contributed by atoms with E-state index in [4.69, 9.17) is 8.94 Å². The summed E-state index contributed by atoms with van der Waals surface area (Å²) in [5.74, 6) is 2.92. The van der Waals surface area contributed by atoms with E-state index < -0.39 is 0 Å². The number of thioether (sulfide) groups is 1. The van der Waals surface area contributed by atoms with Crippen LogP contribution in [0.4, 0.5) is 0 Å². The molecule has 0 amide bonds. The number of furan rings is 1. The first-order valence-corrected chi connectivity index (χ1v) is 8.60. The van der Waals surface area contributed by atoms with E-state index in [2.05, 4.69) is 20.3 Å². The molecule has 0 saturated carbocycles. The van der Waals surface area contributed by atoms with Crippen molar-refractivity contribution in [2.75, 3.05) is 0 Å². The van der Waals surface area contributed by atoms with Gasteiger partial charge in [-0.15, -0.1) is 21.5 Å². The van der Waals surface area contributed by atoms with Gasteiger partial charge >= 0.3 is 0 Å². The Morgan fingerprint density at radius 1 is 1.26 bits per heavy atom. The van der Waals surface area contributed by atoms with Crippen molar-refractivity contribution >= 4 is 23.1 Å². The average Bonchev–Trinajstić information content (AvgIpc) is 3.33. The highest BCUT2D eigenvalue weighted by Gasteiger charge is 2.15. The summed E-state index contributed by atoms with van der Waals surface area (Å²) in [5, 5.41) is 15.2. The van der Waals surface area contributed by atoms with E-state index in [0.717, 1.165) is 15.9 Å². The van der Waals surface area contributed by atoms with Crippen molar-refractivity contribution in [3.8, 4) is 22.4 Å². The Hall–Kier alpha value is -2.39. The molecule has 0 unspecified atom stereocenters. The zero-order chi connectivity index (χ0) is 15.6. The molecule has 4 rings (SSSR count). The summed E-state index contributed by atoms with van der Waals surface area (Å²) < 4.78 is 12.4. The van der Waals surface area contributed by atoms with Crippen LogP contribution < -0.4 is 0 Å². The first-order valence-electron chi connectivity index (χ1n) is 6.74. The number of hydrogen-bond acceptors (Lipinski definition) is 8. The monoisotopic (exact) mass is 345 g/mol. The van der Waals surface area contributed by atoms with E-state index in [1.54, 1.807) is 29.7 Å². The minimum Gasteiger partial charge on any atom is -0.459 e. The van der Waals surface area contributed by atoms with Crippen LogP contribution in [0.25, 0.3) is 22.4 Å². The summed E-state index contributed by atoms with van der Waals surface area (Å²) >= 11 is 3.14. The fraction of sp³-hybridized carbons (Fsp3) is 0.143. The molecule has 4 aromatic heterocycles. The number of rotatable bonds is 5. The molecule has 0 fully saturated rings. The van der Waals surface area contributed by atoms with Gasteiger partial charge in [-0.2, -0.15) is 4.98 Å². The molecule has 0 saturated heterocycles. The maximum atomic E-state index is 5.23. The smallest absolute Gasteiger partial charge is 0.293 e. The van der Waals surface area contributed by atoms with Crippen LogP contribution in [0.5, 0.6) is 0 Å². The second-order valence-electron chi connectivity index (χ2n) is 4.62. The molecule has 0 aliphatic heterocycles. The van der Waals surface area contributed by atoms with Crippen LogP contribution in [0.3, 0.4) is 0 Å². The highest BCUT2D eigenvalue weighted by atomic mass is 32.2. The highest BCUT2D eigenvalue weighted by Crippen LogP contribution is 2.27. The zero-order valence-corrected chi connectivity index (χ0v) is 13.7. The molecule has 116 valence electrons. The first-order chi connectivity index (χ1) is 11.3. The molecular weight excluding hydrogens is 334 g/mol. The fourth-order valence-electron chi connectivity index (χ4n) is 2.00. The van der Waals surface area contributed by atoms with Crippen LogP contribution in [-0.2, 0) is 12.8 Å². The summed E-state index contributed by atoms with van der Waals surface area (Å²) in [5.41, 5.74) is 0.